The van der Waals surface area contributed by atoms with E-state index in [2.05, 4.69) is 20.8 Å². The summed E-state index contributed by atoms with van der Waals surface area (Å²) in [5.41, 5.74) is 0. The molecule has 100 valence electrons. The van der Waals surface area contributed by atoms with Gasteiger partial charge in [0.05, 0.1) is 17.3 Å². The Labute approximate surface area is 115 Å². The summed E-state index contributed by atoms with van der Waals surface area (Å²) in [4.78, 5) is 13.0. The van der Waals surface area contributed by atoms with E-state index in [0.29, 0.717) is 6.04 Å². The maximum Gasteiger partial charge on any atom is 0.303 e. The van der Waals surface area contributed by atoms with Crippen LogP contribution in [-0.2, 0) is 11.3 Å². The van der Waals surface area contributed by atoms with Gasteiger partial charge in [-0.1, -0.05) is 6.42 Å². The second kappa shape index (κ2) is 6.38. The number of hydrogen-bond donors (Lipinski definition) is 1. The van der Waals surface area contributed by atoms with Crippen LogP contribution in [0.25, 0.3) is 0 Å². The Morgan fingerprint density at radius 3 is 3.06 bits per heavy atom. The minimum absolute atomic E-state index is 0.250. The van der Waals surface area contributed by atoms with Crippen LogP contribution in [0, 0.1) is 0 Å². The van der Waals surface area contributed by atoms with Gasteiger partial charge in [0, 0.05) is 12.5 Å². The summed E-state index contributed by atoms with van der Waals surface area (Å²) in [6, 6.07) is 2.26. The van der Waals surface area contributed by atoms with Gasteiger partial charge in [-0.25, -0.2) is 0 Å². The Bertz CT molecular complexity index is 405. The first-order chi connectivity index (χ1) is 8.66. The Hall–Kier alpha value is -0.810. The van der Waals surface area contributed by atoms with Gasteiger partial charge in [-0.15, -0.1) is 0 Å². The summed E-state index contributed by atoms with van der Waals surface area (Å²) in [7, 11) is 0. The summed E-state index contributed by atoms with van der Waals surface area (Å²) < 4.78 is 6.43. The van der Waals surface area contributed by atoms with Crippen LogP contribution >= 0.6 is 15.9 Å². The fourth-order valence-electron chi connectivity index (χ4n) is 2.51. The molecule has 0 saturated carbocycles. The van der Waals surface area contributed by atoms with E-state index in [9.17, 15) is 4.79 Å². The van der Waals surface area contributed by atoms with Crippen LogP contribution in [-0.4, -0.2) is 28.6 Å². The maximum atomic E-state index is 10.7. The molecular weight excluding hydrogens is 298 g/mol. The van der Waals surface area contributed by atoms with Crippen molar-refractivity contribution in [3.8, 4) is 0 Å². The average Bonchev–Trinajstić information content (AvgIpc) is 2.74. The van der Waals surface area contributed by atoms with Crippen molar-refractivity contribution in [2.45, 2.75) is 44.7 Å². The molecule has 4 nitrogen and oxygen atoms in total. The number of carboxylic acid groups (broad SMARTS) is 1. The van der Waals surface area contributed by atoms with Crippen molar-refractivity contribution >= 4 is 21.9 Å². The third kappa shape index (κ3) is 3.59. The first kappa shape index (κ1) is 13.6. The Kier molecular flexibility index (Phi) is 4.83. The number of aliphatic carboxylic acids is 1. The van der Waals surface area contributed by atoms with Gasteiger partial charge in [0.2, 0.25) is 0 Å². The fourth-order valence-corrected chi connectivity index (χ4v) is 2.83. The Balaban J connectivity index is 1.95. The van der Waals surface area contributed by atoms with Crippen molar-refractivity contribution in [1.82, 2.24) is 4.90 Å². The zero-order valence-electron chi connectivity index (χ0n) is 10.3. The predicted molar refractivity (Wildman–Crippen MR) is 71.3 cm³/mol. The lowest BCUT2D eigenvalue weighted by Gasteiger charge is -2.35. The highest BCUT2D eigenvalue weighted by Crippen LogP contribution is 2.26. The zero-order chi connectivity index (χ0) is 13.0. The normalized spacial score (nSPS) is 21.1. The second-order valence-electron chi connectivity index (χ2n) is 4.74. The molecule has 0 bridgehead atoms. The molecule has 0 amide bonds. The van der Waals surface area contributed by atoms with Crippen molar-refractivity contribution in [1.29, 1.82) is 0 Å². The van der Waals surface area contributed by atoms with Crippen molar-refractivity contribution in [2.75, 3.05) is 6.54 Å². The third-order valence-electron chi connectivity index (χ3n) is 3.48. The van der Waals surface area contributed by atoms with E-state index in [1.807, 2.05) is 6.07 Å². The molecule has 2 heterocycles. The van der Waals surface area contributed by atoms with Crippen LogP contribution in [0.15, 0.2) is 21.2 Å². The smallest absolute Gasteiger partial charge is 0.303 e. The molecule has 1 aromatic heterocycles. The highest BCUT2D eigenvalue weighted by molar-refractivity contribution is 9.10. The van der Waals surface area contributed by atoms with E-state index >= 15 is 0 Å². The van der Waals surface area contributed by atoms with Gasteiger partial charge in [-0.3, -0.25) is 9.69 Å². The molecule has 0 aromatic carbocycles. The molecule has 1 aliphatic heterocycles. The molecule has 1 atom stereocenters. The number of carbonyl (C=O) groups is 1. The Morgan fingerprint density at radius 2 is 2.39 bits per heavy atom. The molecule has 1 unspecified atom stereocenters. The molecule has 1 saturated heterocycles. The van der Waals surface area contributed by atoms with Gasteiger partial charge in [-0.05, 0) is 47.8 Å². The van der Waals surface area contributed by atoms with Crippen molar-refractivity contribution in [2.24, 2.45) is 0 Å². The molecule has 1 aromatic rings. The van der Waals surface area contributed by atoms with Crippen molar-refractivity contribution in [3.05, 3.63) is 22.6 Å². The number of furan rings is 1. The molecule has 1 aliphatic rings. The van der Waals surface area contributed by atoms with Gasteiger partial charge in [0.1, 0.15) is 5.76 Å². The first-order valence-electron chi connectivity index (χ1n) is 6.34. The minimum Gasteiger partial charge on any atom is -0.481 e. The Morgan fingerprint density at radius 1 is 1.56 bits per heavy atom. The van der Waals surface area contributed by atoms with E-state index in [4.69, 9.17) is 9.52 Å². The standard InChI is InChI=1S/C13H18BrNO3/c14-11-6-8-18-12(11)9-15-7-2-1-3-10(15)4-5-13(16)17/h6,8,10H,1-5,7,9H2,(H,16,17). The average molecular weight is 316 g/mol. The van der Waals surface area contributed by atoms with E-state index < -0.39 is 5.97 Å². The van der Waals surface area contributed by atoms with Gasteiger partial charge < -0.3 is 9.52 Å². The molecule has 0 aliphatic carbocycles. The lowest BCUT2D eigenvalue weighted by atomic mass is 9.98. The number of carboxylic acids is 1. The fraction of sp³-hybridized carbons (Fsp3) is 0.615. The molecule has 1 fully saturated rings. The van der Waals surface area contributed by atoms with E-state index in [0.717, 1.165) is 36.2 Å². The summed E-state index contributed by atoms with van der Waals surface area (Å²) in [6.45, 7) is 1.79. The molecule has 0 radical (unpaired) electrons. The molecule has 0 spiro atoms. The van der Waals surface area contributed by atoms with Gasteiger partial charge in [0.25, 0.3) is 0 Å². The lowest BCUT2D eigenvalue weighted by Crippen LogP contribution is -2.39. The highest BCUT2D eigenvalue weighted by Gasteiger charge is 2.24. The lowest BCUT2D eigenvalue weighted by molar-refractivity contribution is -0.137. The summed E-state index contributed by atoms with van der Waals surface area (Å²) in [5, 5.41) is 8.79. The van der Waals surface area contributed by atoms with Crippen LogP contribution in [0.2, 0.25) is 0 Å². The number of likely N-dealkylation sites (tertiary alicyclic amines) is 1. The van der Waals surface area contributed by atoms with Gasteiger partial charge >= 0.3 is 5.97 Å². The summed E-state index contributed by atoms with van der Waals surface area (Å²) in [5.74, 6) is 0.219. The number of nitrogens with zero attached hydrogens (tertiary/aromatic N) is 1. The largest absolute Gasteiger partial charge is 0.481 e. The quantitative estimate of drug-likeness (QED) is 0.906. The molecule has 2 rings (SSSR count). The molecular formula is C13H18BrNO3. The van der Waals surface area contributed by atoms with E-state index in [-0.39, 0.29) is 6.42 Å². The third-order valence-corrected chi connectivity index (χ3v) is 4.18. The predicted octanol–water partition coefficient (Wildman–Crippen LogP) is 3.26. The second-order valence-corrected chi connectivity index (χ2v) is 5.60. The molecule has 5 heteroatoms. The van der Waals surface area contributed by atoms with Crippen molar-refractivity contribution in [3.63, 3.8) is 0 Å². The monoisotopic (exact) mass is 315 g/mol. The SMILES string of the molecule is O=C(O)CCC1CCCCN1Cc1occc1Br. The topological polar surface area (TPSA) is 53.7 Å². The van der Waals surface area contributed by atoms with Crippen LogP contribution in [0.3, 0.4) is 0 Å². The van der Waals surface area contributed by atoms with Gasteiger partial charge in [-0.2, -0.15) is 0 Å². The maximum absolute atomic E-state index is 10.7. The highest BCUT2D eigenvalue weighted by atomic mass is 79.9. The number of hydrogen-bond acceptors (Lipinski definition) is 3. The number of piperidine rings is 1. The summed E-state index contributed by atoms with van der Waals surface area (Å²) >= 11 is 3.46. The zero-order valence-corrected chi connectivity index (χ0v) is 11.9. The van der Waals surface area contributed by atoms with E-state index in [1.54, 1.807) is 6.26 Å². The van der Waals surface area contributed by atoms with E-state index in [1.165, 1.54) is 12.8 Å². The van der Waals surface area contributed by atoms with Crippen molar-refractivity contribution < 1.29 is 14.3 Å². The number of rotatable bonds is 5. The van der Waals surface area contributed by atoms with Crippen LogP contribution < -0.4 is 0 Å². The van der Waals surface area contributed by atoms with Crippen LogP contribution in [0.1, 0.15) is 37.9 Å². The number of halogens is 1. The molecule has 1 N–H and O–H groups in total. The van der Waals surface area contributed by atoms with Crippen LogP contribution in [0.5, 0.6) is 0 Å². The summed E-state index contributed by atoms with van der Waals surface area (Å²) in [6.07, 6.45) is 6.12. The first-order valence-corrected chi connectivity index (χ1v) is 7.14. The molecule has 18 heavy (non-hydrogen) atoms. The minimum atomic E-state index is -0.709. The van der Waals surface area contributed by atoms with Gasteiger partial charge in [0.15, 0.2) is 0 Å². The van der Waals surface area contributed by atoms with Crippen LogP contribution in [0.4, 0.5) is 0 Å².